The summed E-state index contributed by atoms with van der Waals surface area (Å²) >= 11 is 0. The lowest BCUT2D eigenvalue weighted by Crippen LogP contribution is -2.30. The number of nitrogens with one attached hydrogen (secondary N) is 1. The SMILES string of the molecule is CC(Nc1cc(C(=O)O)ccc1N)C1CCCO1. The first-order valence-electron chi connectivity index (χ1n) is 6.09. The molecule has 1 aromatic carbocycles. The van der Waals surface area contributed by atoms with Gasteiger partial charge in [0, 0.05) is 12.6 Å². The smallest absolute Gasteiger partial charge is 0.335 e. The highest BCUT2D eigenvalue weighted by Crippen LogP contribution is 2.24. The van der Waals surface area contributed by atoms with Crippen LogP contribution in [-0.2, 0) is 4.74 Å². The molecule has 4 N–H and O–H groups in total. The Labute approximate surface area is 106 Å². The van der Waals surface area contributed by atoms with Gasteiger partial charge in [0.05, 0.1) is 23.0 Å². The lowest BCUT2D eigenvalue weighted by molar-refractivity contribution is 0.0697. The van der Waals surface area contributed by atoms with Crippen LogP contribution >= 0.6 is 0 Å². The van der Waals surface area contributed by atoms with E-state index in [2.05, 4.69) is 5.32 Å². The van der Waals surface area contributed by atoms with Gasteiger partial charge in [-0.05, 0) is 38.0 Å². The Morgan fingerprint density at radius 3 is 3.00 bits per heavy atom. The summed E-state index contributed by atoms with van der Waals surface area (Å²) in [5.41, 5.74) is 7.27. The average molecular weight is 250 g/mol. The second kappa shape index (κ2) is 5.27. The van der Waals surface area contributed by atoms with Crippen LogP contribution < -0.4 is 11.1 Å². The molecular formula is C13H18N2O3. The zero-order valence-electron chi connectivity index (χ0n) is 10.3. The molecule has 5 heteroatoms. The summed E-state index contributed by atoms with van der Waals surface area (Å²) in [4.78, 5) is 10.9. The predicted octanol–water partition coefficient (Wildman–Crippen LogP) is 1.95. The molecule has 2 unspecified atom stereocenters. The van der Waals surface area contributed by atoms with E-state index in [1.54, 1.807) is 12.1 Å². The van der Waals surface area contributed by atoms with Gasteiger partial charge in [0.2, 0.25) is 0 Å². The highest BCUT2D eigenvalue weighted by molar-refractivity contribution is 5.90. The molecule has 0 aliphatic carbocycles. The van der Waals surface area contributed by atoms with Gasteiger partial charge in [-0.25, -0.2) is 4.79 Å². The maximum atomic E-state index is 10.9. The van der Waals surface area contributed by atoms with Gasteiger partial charge in [0.15, 0.2) is 0 Å². The van der Waals surface area contributed by atoms with Gasteiger partial charge in [0.25, 0.3) is 0 Å². The number of benzene rings is 1. The molecule has 2 atom stereocenters. The molecule has 0 amide bonds. The van der Waals surface area contributed by atoms with Crippen molar-refractivity contribution in [1.82, 2.24) is 0 Å². The van der Waals surface area contributed by atoms with Crippen LogP contribution in [0.1, 0.15) is 30.1 Å². The van der Waals surface area contributed by atoms with Crippen molar-refractivity contribution in [3.63, 3.8) is 0 Å². The second-order valence-electron chi connectivity index (χ2n) is 4.59. The number of nitrogen functional groups attached to an aromatic ring is 1. The standard InChI is InChI=1S/C13H18N2O3/c1-8(12-3-2-6-18-12)15-11-7-9(13(16)17)4-5-10(11)14/h4-5,7-8,12,15H,2-3,6,14H2,1H3,(H,16,17). The molecule has 18 heavy (non-hydrogen) atoms. The highest BCUT2D eigenvalue weighted by atomic mass is 16.5. The first-order chi connectivity index (χ1) is 8.58. The van der Waals surface area contributed by atoms with Gasteiger partial charge < -0.3 is 20.9 Å². The Balaban J connectivity index is 2.12. The number of carbonyl (C=O) groups is 1. The largest absolute Gasteiger partial charge is 0.478 e. The number of carboxylic acids is 1. The van der Waals surface area contributed by atoms with E-state index in [0.29, 0.717) is 11.4 Å². The van der Waals surface area contributed by atoms with E-state index in [1.165, 1.54) is 6.07 Å². The van der Waals surface area contributed by atoms with Crippen LogP contribution in [0.2, 0.25) is 0 Å². The predicted molar refractivity (Wildman–Crippen MR) is 69.9 cm³/mol. The molecule has 5 nitrogen and oxygen atoms in total. The summed E-state index contributed by atoms with van der Waals surface area (Å²) in [6.45, 7) is 2.81. The first-order valence-corrected chi connectivity index (χ1v) is 6.09. The molecule has 98 valence electrons. The number of rotatable bonds is 4. The van der Waals surface area contributed by atoms with Crippen LogP contribution in [0, 0.1) is 0 Å². The number of anilines is 2. The summed E-state index contributed by atoms with van der Waals surface area (Å²) in [5, 5.41) is 12.2. The molecule has 1 fully saturated rings. The summed E-state index contributed by atoms with van der Waals surface area (Å²) in [7, 11) is 0. The summed E-state index contributed by atoms with van der Waals surface area (Å²) in [6.07, 6.45) is 2.26. The molecular weight excluding hydrogens is 232 g/mol. The maximum Gasteiger partial charge on any atom is 0.335 e. The summed E-state index contributed by atoms with van der Waals surface area (Å²) in [6, 6.07) is 4.77. The van der Waals surface area contributed by atoms with Crippen molar-refractivity contribution in [3.8, 4) is 0 Å². The molecule has 1 aliphatic heterocycles. The molecule has 0 aromatic heterocycles. The zero-order chi connectivity index (χ0) is 13.1. The van der Waals surface area contributed by atoms with E-state index in [0.717, 1.165) is 19.4 Å². The van der Waals surface area contributed by atoms with Crippen molar-refractivity contribution in [2.24, 2.45) is 0 Å². The zero-order valence-corrected chi connectivity index (χ0v) is 10.3. The van der Waals surface area contributed by atoms with Crippen molar-refractivity contribution < 1.29 is 14.6 Å². The quantitative estimate of drug-likeness (QED) is 0.711. The number of carboxylic acid groups (broad SMARTS) is 1. The molecule has 0 spiro atoms. The van der Waals surface area contributed by atoms with Crippen molar-refractivity contribution in [2.45, 2.75) is 31.9 Å². The van der Waals surface area contributed by atoms with Crippen LogP contribution in [0.4, 0.5) is 11.4 Å². The Morgan fingerprint density at radius 1 is 1.61 bits per heavy atom. The Morgan fingerprint density at radius 2 is 2.39 bits per heavy atom. The Bertz CT molecular complexity index is 442. The van der Waals surface area contributed by atoms with Gasteiger partial charge in [-0.3, -0.25) is 0 Å². The minimum absolute atomic E-state index is 0.110. The Hall–Kier alpha value is -1.75. The number of ether oxygens (including phenoxy) is 1. The fourth-order valence-electron chi connectivity index (χ4n) is 2.15. The maximum absolute atomic E-state index is 10.9. The van der Waals surface area contributed by atoms with Crippen molar-refractivity contribution in [3.05, 3.63) is 23.8 Å². The lowest BCUT2D eigenvalue weighted by atomic mass is 10.1. The van der Waals surface area contributed by atoms with Crippen LogP contribution in [0.25, 0.3) is 0 Å². The summed E-state index contributed by atoms with van der Waals surface area (Å²) < 4.78 is 5.58. The third-order valence-electron chi connectivity index (χ3n) is 3.21. The van der Waals surface area contributed by atoms with Crippen molar-refractivity contribution in [1.29, 1.82) is 0 Å². The Kier molecular flexibility index (Phi) is 3.72. The molecule has 0 radical (unpaired) electrons. The number of aromatic carboxylic acids is 1. The molecule has 0 saturated carbocycles. The van der Waals surface area contributed by atoms with E-state index >= 15 is 0 Å². The molecule has 1 saturated heterocycles. The number of nitrogens with two attached hydrogens (primary N) is 1. The molecule has 1 aromatic rings. The average Bonchev–Trinajstić information content (AvgIpc) is 2.85. The monoisotopic (exact) mass is 250 g/mol. The lowest BCUT2D eigenvalue weighted by Gasteiger charge is -2.22. The van der Waals surface area contributed by atoms with Gasteiger partial charge in [0.1, 0.15) is 0 Å². The van der Waals surface area contributed by atoms with Crippen LogP contribution in [0.15, 0.2) is 18.2 Å². The van der Waals surface area contributed by atoms with Crippen LogP contribution in [0.5, 0.6) is 0 Å². The van der Waals surface area contributed by atoms with Gasteiger partial charge in [-0.15, -0.1) is 0 Å². The molecule has 2 rings (SSSR count). The van der Waals surface area contributed by atoms with Gasteiger partial charge >= 0.3 is 5.97 Å². The fraction of sp³-hybridized carbons (Fsp3) is 0.462. The molecule has 1 heterocycles. The van der Waals surface area contributed by atoms with Crippen molar-refractivity contribution >= 4 is 17.3 Å². The van der Waals surface area contributed by atoms with Crippen LogP contribution in [0.3, 0.4) is 0 Å². The van der Waals surface area contributed by atoms with E-state index in [9.17, 15) is 4.79 Å². The minimum Gasteiger partial charge on any atom is -0.478 e. The fourth-order valence-corrected chi connectivity index (χ4v) is 2.15. The van der Waals surface area contributed by atoms with E-state index in [4.69, 9.17) is 15.6 Å². The molecule has 0 bridgehead atoms. The van der Waals surface area contributed by atoms with Crippen molar-refractivity contribution in [2.75, 3.05) is 17.7 Å². The third-order valence-corrected chi connectivity index (χ3v) is 3.21. The number of hydrogen-bond donors (Lipinski definition) is 3. The van der Waals surface area contributed by atoms with E-state index < -0.39 is 5.97 Å². The molecule has 1 aliphatic rings. The van der Waals surface area contributed by atoms with E-state index in [1.807, 2.05) is 6.92 Å². The van der Waals surface area contributed by atoms with Gasteiger partial charge in [-0.1, -0.05) is 0 Å². The first kappa shape index (κ1) is 12.7. The summed E-state index contributed by atoms with van der Waals surface area (Å²) in [5.74, 6) is -0.956. The van der Waals surface area contributed by atoms with Crippen LogP contribution in [-0.4, -0.2) is 29.8 Å². The normalized spacial score (nSPS) is 20.6. The topological polar surface area (TPSA) is 84.6 Å². The highest BCUT2D eigenvalue weighted by Gasteiger charge is 2.22. The van der Waals surface area contributed by atoms with Gasteiger partial charge in [-0.2, -0.15) is 0 Å². The number of hydrogen-bond acceptors (Lipinski definition) is 4. The third kappa shape index (κ3) is 2.73. The minimum atomic E-state index is -0.956. The van der Waals surface area contributed by atoms with E-state index in [-0.39, 0.29) is 17.7 Å². The second-order valence-corrected chi connectivity index (χ2v) is 4.59.